The van der Waals surface area contributed by atoms with Crippen LogP contribution in [-0.2, 0) is 0 Å². The molecule has 1 amide bonds. The van der Waals surface area contributed by atoms with Crippen LogP contribution >= 0.6 is 0 Å². The van der Waals surface area contributed by atoms with E-state index in [2.05, 4.69) is 15.6 Å². The second-order valence-electron chi connectivity index (χ2n) is 4.85. The van der Waals surface area contributed by atoms with E-state index in [0.717, 1.165) is 12.8 Å². The van der Waals surface area contributed by atoms with E-state index in [9.17, 15) is 9.18 Å². The van der Waals surface area contributed by atoms with Crippen molar-refractivity contribution in [3.05, 3.63) is 54.1 Å². The van der Waals surface area contributed by atoms with Crippen LogP contribution in [0.15, 0.2) is 42.7 Å². The smallest absolute Gasteiger partial charge is 0.253 e. The summed E-state index contributed by atoms with van der Waals surface area (Å²) in [7, 11) is 0. The number of amides is 1. The minimum atomic E-state index is -0.314. The standard InChI is InChI=1S/C15H14FN3O/c16-11-2-1-3-13(7-11)18-14-6-10(8-17-9-14)15(20)19-12-4-5-12/h1-3,6-9,12,18H,4-5H2,(H,19,20). The van der Waals surface area contributed by atoms with E-state index in [1.54, 1.807) is 24.4 Å². The first-order valence-corrected chi connectivity index (χ1v) is 6.49. The fraction of sp³-hybridized carbons (Fsp3) is 0.200. The molecule has 0 bridgehead atoms. The molecule has 1 fully saturated rings. The van der Waals surface area contributed by atoms with Gasteiger partial charge in [0.2, 0.25) is 0 Å². The molecule has 0 unspecified atom stereocenters. The summed E-state index contributed by atoms with van der Waals surface area (Å²) in [5.74, 6) is -0.437. The summed E-state index contributed by atoms with van der Waals surface area (Å²) in [6.45, 7) is 0. The van der Waals surface area contributed by atoms with Gasteiger partial charge < -0.3 is 10.6 Å². The molecule has 0 spiro atoms. The number of hydrogen-bond donors (Lipinski definition) is 2. The van der Waals surface area contributed by atoms with Crippen LogP contribution in [0.2, 0.25) is 0 Å². The van der Waals surface area contributed by atoms with Crippen LogP contribution in [0.25, 0.3) is 0 Å². The highest BCUT2D eigenvalue weighted by molar-refractivity contribution is 5.95. The van der Waals surface area contributed by atoms with Crippen LogP contribution in [0, 0.1) is 5.82 Å². The normalized spacial score (nSPS) is 13.8. The van der Waals surface area contributed by atoms with Gasteiger partial charge in [-0.15, -0.1) is 0 Å². The number of halogens is 1. The maximum atomic E-state index is 13.1. The Kier molecular flexibility index (Phi) is 3.33. The van der Waals surface area contributed by atoms with Crippen LogP contribution in [0.5, 0.6) is 0 Å². The van der Waals surface area contributed by atoms with E-state index in [0.29, 0.717) is 23.0 Å². The first-order chi connectivity index (χ1) is 9.70. The average Bonchev–Trinajstić information content (AvgIpc) is 3.23. The molecule has 2 aromatic rings. The molecule has 1 aromatic heterocycles. The molecule has 3 rings (SSSR count). The maximum Gasteiger partial charge on any atom is 0.253 e. The maximum absolute atomic E-state index is 13.1. The largest absolute Gasteiger partial charge is 0.354 e. The molecule has 1 aromatic carbocycles. The number of hydrogen-bond acceptors (Lipinski definition) is 3. The van der Waals surface area contributed by atoms with Gasteiger partial charge in [-0.05, 0) is 37.1 Å². The SMILES string of the molecule is O=C(NC1CC1)c1cncc(Nc2cccc(F)c2)c1. The lowest BCUT2D eigenvalue weighted by molar-refractivity contribution is 0.0951. The van der Waals surface area contributed by atoms with Crippen LogP contribution in [0.1, 0.15) is 23.2 Å². The van der Waals surface area contributed by atoms with Crippen molar-refractivity contribution in [3.8, 4) is 0 Å². The summed E-state index contributed by atoms with van der Waals surface area (Å²) < 4.78 is 13.1. The Morgan fingerprint density at radius 3 is 2.80 bits per heavy atom. The molecule has 5 heteroatoms. The molecule has 0 aliphatic heterocycles. The van der Waals surface area contributed by atoms with Crippen LogP contribution in [-0.4, -0.2) is 16.9 Å². The summed E-state index contributed by atoms with van der Waals surface area (Å²) in [4.78, 5) is 15.9. The molecule has 1 heterocycles. The van der Waals surface area contributed by atoms with Crippen molar-refractivity contribution in [2.24, 2.45) is 0 Å². The van der Waals surface area contributed by atoms with Crippen molar-refractivity contribution in [2.45, 2.75) is 18.9 Å². The predicted octanol–water partition coefficient (Wildman–Crippen LogP) is 2.86. The molecule has 0 radical (unpaired) electrons. The molecule has 0 saturated heterocycles. The van der Waals surface area contributed by atoms with Gasteiger partial charge in [-0.1, -0.05) is 6.07 Å². The minimum absolute atomic E-state index is 0.122. The molecular formula is C15H14FN3O. The second-order valence-corrected chi connectivity index (χ2v) is 4.85. The van der Waals surface area contributed by atoms with E-state index < -0.39 is 0 Å². The Morgan fingerprint density at radius 1 is 1.20 bits per heavy atom. The average molecular weight is 271 g/mol. The highest BCUT2D eigenvalue weighted by Gasteiger charge is 2.23. The number of benzene rings is 1. The number of pyridine rings is 1. The zero-order valence-electron chi connectivity index (χ0n) is 10.8. The van der Waals surface area contributed by atoms with Crippen molar-refractivity contribution >= 4 is 17.3 Å². The fourth-order valence-electron chi connectivity index (χ4n) is 1.86. The van der Waals surface area contributed by atoms with Gasteiger partial charge in [0.15, 0.2) is 0 Å². The van der Waals surface area contributed by atoms with Crippen molar-refractivity contribution < 1.29 is 9.18 Å². The molecule has 1 saturated carbocycles. The monoisotopic (exact) mass is 271 g/mol. The molecule has 1 aliphatic carbocycles. The zero-order chi connectivity index (χ0) is 13.9. The van der Waals surface area contributed by atoms with Crippen LogP contribution in [0.4, 0.5) is 15.8 Å². The summed E-state index contributed by atoms with van der Waals surface area (Å²) in [5.41, 5.74) is 1.77. The number of nitrogens with one attached hydrogen (secondary N) is 2. The predicted molar refractivity (Wildman–Crippen MR) is 74.4 cm³/mol. The Bertz CT molecular complexity index is 641. The third kappa shape index (κ3) is 3.12. The number of rotatable bonds is 4. The van der Waals surface area contributed by atoms with Crippen molar-refractivity contribution in [2.75, 3.05) is 5.32 Å². The number of carbonyl (C=O) groups is 1. The molecule has 0 atom stereocenters. The molecule has 1 aliphatic rings. The third-order valence-electron chi connectivity index (χ3n) is 3.03. The fourth-order valence-corrected chi connectivity index (χ4v) is 1.86. The summed E-state index contributed by atoms with van der Waals surface area (Å²) in [6, 6.07) is 8.15. The summed E-state index contributed by atoms with van der Waals surface area (Å²) in [6.07, 6.45) is 5.20. The third-order valence-corrected chi connectivity index (χ3v) is 3.03. The van der Waals surface area contributed by atoms with Gasteiger partial charge >= 0.3 is 0 Å². The summed E-state index contributed by atoms with van der Waals surface area (Å²) >= 11 is 0. The highest BCUT2D eigenvalue weighted by atomic mass is 19.1. The second kappa shape index (κ2) is 5.28. The lowest BCUT2D eigenvalue weighted by Gasteiger charge is -2.08. The lowest BCUT2D eigenvalue weighted by Crippen LogP contribution is -2.25. The molecule has 102 valence electrons. The molecule has 2 N–H and O–H groups in total. The van der Waals surface area contributed by atoms with E-state index >= 15 is 0 Å². The quantitative estimate of drug-likeness (QED) is 0.899. The summed E-state index contributed by atoms with van der Waals surface area (Å²) in [5, 5.41) is 5.93. The van der Waals surface area contributed by atoms with Gasteiger partial charge in [-0.2, -0.15) is 0 Å². The first-order valence-electron chi connectivity index (χ1n) is 6.49. The topological polar surface area (TPSA) is 54.0 Å². The van der Waals surface area contributed by atoms with Crippen LogP contribution in [0.3, 0.4) is 0 Å². The number of anilines is 2. The van der Waals surface area contributed by atoms with Crippen molar-refractivity contribution in [1.29, 1.82) is 0 Å². The van der Waals surface area contributed by atoms with Crippen molar-refractivity contribution in [3.63, 3.8) is 0 Å². The van der Waals surface area contributed by atoms with Crippen molar-refractivity contribution in [1.82, 2.24) is 10.3 Å². The lowest BCUT2D eigenvalue weighted by atomic mass is 10.2. The van der Waals surface area contributed by atoms with E-state index in [1.165, 1.54) is 18.3 Å². The van der Waals surface area contributed by atoms with Gasteiger partial charge in [0, 0.05) is 17.9 Å². The van der Waals surface area contributed by atoms with E-state index in [1.807, 2.05) is 0 Å². The first kappa shape index (κ1) is 12.6. The zero-order valence-corrected chi connectivity index (χ0v) is 10.8. The van der Waals surface area contributed by atoms with Gasteiger partial charge in [-0.25, -0.2) is 4.39 Å². The van der Waals surface area contributed by atoms with E-state index in [4.69, 9.17) is 0 Å². The Labute approximate surface area is 116 Å². The minimum Gasteiger partial charge on any atom is -0.354 e. The molecule has 4 nitrogen and oxygen atoms in total. The Hall–Kier alpha value is -2.43. The van der Waals surface area contributed by atoms with Gasteiger partial charge in [0.25, 0.3) is 5.91 Å². The van der Waals surface area contributed by atoms with Gasteiger partial charge in [0.05, 0.1) is 17.4 Å². The van der Waals surface area contributed by atoms with Gasteiger partial charge in [0.1, 0.15) is 5.82 Å². The number of nitrogens with zero attached hydrogens (tertiary/aromatic N) is 1. The molecular weight excluding hydrogens is 257 g/mol. The molecule has 20 heavy (non-hydrogen) atoms. The van der Waals surface area contributed by atoms with E-state index in [-0.39, 0.29) is 11.7 Å². The Balaban J connectivity index is 1.75. The Morgan fingerprint density at radius 2 is 2.05 bits per heavy atom. The number of carbonyl (C=O) groups excluding carboxylic acids is 1. The van der Waals surface area contributed by atoms with Crippen LogP contribution < -0.4 is 10.6 Å². The van der Waals surface area contributed by atoms with Gasteiger partial charge in [-0.3, -0.25) is 9.78 Å². The highest BCUT2D eigenvalue weighted by Crippen LogP contribution is 2.20. The number of aromatic nitrogens is 1.